The predicted octanol–water partition coefficient (Wildman–Crippen LogP) is 2.61. The summed E-state index contributed by atoms with van der Waals surface area (Å²) in [6.45, 7) is 12.0. The van der Waals surface area contributed by atoms with Crippen LogP contribution in [0.3, 0.4) is 0 Å². The third-order valence-electron chi connectivity index (χ3n) is 3.40. The van der Waals surface area contributed by atoms with Crippen LogP contribution in [-0.4, -0.2) is 46.7 Å². The summed E-state index contributed by atoms with van der Waals surface area (Å²) in [6.07, 6.45) is 2.00. The average Bonchev–Trinajstić information content (AvgIpc) is 2.25. The number of nitrogens with zero attached hydrogens (tertiary/aromatic N) is 1. The predicted molar refractivity (Wildman–Crippen MR) is 73.1 cm³/mol. The molecule has 2 atom stereocenters. The van der Waals surface area contributed by atoms with Crippen LogP contribution in [0.5, 0.6) is 0 Å². The Hall–Kier alpha value is 0.270. The zero-order valence-corrected chi connectivity index (χ0v) is 12.0. The summed E-state index contributed by atoms with van der Waals surface area (Å²) in [5, 5.41) is 10.8. The summed E-state index contributed by atoms with van der Waals surface area (Å²) >= 11 is 2.10. The van der Waals surface area contributed by atoms with Crippen molar-refractivity contribution in [1.82, 2.24) is 4.90 Å². The first-order valence-corrected chi connectivity index (χ1v) is 7.50. The van der Waals surface area contributed by atoms with Crippen LogP contribution in [0.4, 0.5) is 0 Å². The van der Waals surface area contributed by atoms with Crippen LogP contribution >= 0.6 is 11.8 Å². The molecule has 1 fully saturated rings. The van der Waals surface area contributed by atoms with E-state index in [-0.39, 0.29) is 11.5 Å². The van der Waals surface area contributed by atoms with Crippen molar-refractivity contribution in [2.75, 3.05) is 25.4 Å². The first kappa shape index (κ1) is 14.3. The number of aliphatic hydroxyl groups excluding tert-OH is 1. The molecule has 2 nitrogen and oxygen atoms in total. The largest absolute Gasteiger partial charge is 0.393 e. The topological polar surface area (TPSA) is 23.5 Å². The van der Waals surface area contributed by atoms with E-state index in [1.807, 2.05) is 0 Å². The van der Waals surface area contributed by atoms with Crippen molar-refractivity contribution in [1.29, 1.82) is 0 Å². The monoisotopic (exact) mass is 245 g/mol. The minimum atomic E-state index is -0.179. The van der Waals surface area contributed by atoms with E-state index in [9.17, 15) is 5.11 Å². The molecule has 0 bridgehead atoms. The maximum Gasteiger partial charge on any atom is 0.0600 e. The third-order valence-corrected chi connectivity index (χ3v) is 4.77. The summed E-state index contributed by atoms with van der Waals surface area (Å²) in [6, 6.07) is 0. The molecule has 2 unspecified atom stereocenters. The van der Waals surface area contributed by atoms with E-state index in [1.165, 1.54) is 25.3 Å². The van der Waals surface area contributed by atoms with E-state index in [4.69, 9.17) is 0 Å². The highest BCUT2D eigenvalue weighted by Gasteiger charge is 2.24. The molecule has 0 aromatic rings. The summed E-state index contributed by atoms with van der Waals surface area (Å²) in [5.41, 5.74) is 0.0225. The molecule has 1 N–H and O–H groups in total. The Balaban J connectivity index is 2.27. The lowest BCUT2D eigenvalue weighted by atomic mass is 9.87. The van der Waals surface area contributed by atoms with Crippen molar-refractivity contribution in [3.63, 3.8) is 0 Å². The zero-order valence-electron chi connectivity index (χ0n) is 11.2. The van der Waals surface area contributed by atoms with Gasteiger partial charge in [0.1, 0.15) is 0 Å². The van der Waals surface area contributed by atoms with Gasteiger partial charge in [0.2, 0.25) is 0 Å². The minimum Gasteiger partial charge on any atom is -0.393 e. The fraction of sp³-hybridized carbons (Fsp3) is 1.00. The van der Waals surface area contributed by atoms with Gasteiger partial charge in [0.15, 0.2) is 0 Å². The molecule has 1 aliphatic heterocycles. The highest BCUT2D eigenvalue weighted by atomic mass is 32.2. The molecule has 96 valence electrons. The van der Waals surface area contributed by atoms with Gasteiger partial charge in [-0.15, -0.1) is 0 Å². The van der Waals surface area contributed by atoms with E-state index >= 15 is 0 Å². The van der Waals surface area contributed by atoms with Gasteiger partial charge in [-0.05, 0) is 18.3 Å². The van der Waals surface area contributed by atoms with Crippen LogP contribution in [0, 0.1) is 5.41 Å². The Morgan fingerprint density at radius 2 is 2.12 bits per heavy atom. The highest BCUT2D eigenvalue weighted by molar-refractivity contribution is 8.00. The van der Waals surface area contributed by atoms with E-state index in [1.54, 1.807) is 0 Å². The zero-order chi connectivity index (χ0) is 12.2. The van der Waals surface area contributed by atoms with Crippen LogP contribution in [-0.2, 0) is 0 Å². The molecule has 1 heterocycles. The third kappa shape index (κ3) is 4.64. The Morgan fingerprint density at radius 1 is 1.44 bits per heavy atom. The van der Waals surface area contributed by atoms with Gasteiger partial charge in [-0.1, -0.05) is 27.7 Å². The lowest BCUT2D eigenvalue weighted by Crippen LogP contribution is -2.40. The molecule has 1 rings (SSSR count). The first-order chi connectivity index (χ1) is 7.43. The van der Waals surface area contributed by atoms with Gasteiger partial charge < -0.3 is 10.0 Å². The van der Waals surface area contributed by atoms with Crippen LogP contribution < -0.4 is 0 Å². The van der Waals surface area contributed by atoms with Gasteiger partial charge in [0.05, 0.1) is 6.10 Å². The molecule has 0 aliphatic carbocycles. The van der Waals surface area contributed by atoms with Gasteiger partial charge in [0, 0.05) is 30.6 Å². The van der Waals surface area contributed by atoms with Crippen molar-refractivity contribution >= 4 is 11.8 Å². The van der Waals surface area contributed by atoms with E-state index < -0.39 is 0 Å². The van der Waals surface area contributed by atoms with E-state index in [2.05, 4.69) is 44.4 Å². The number of rotatable bonds is 4. The molecule has 16 heavy (non-hydrogen) atoms. The molecule has 0 saturated carbocycles. The number of thioether (sulfide) groups is 1. The van der Waals surface area contributed by atoms with Gasteiger partial charge >= 0.3 is 0 Å². The first-order valence-electron chi connectivity index (χ1n) is 6.45. The molecule has 0 spiro atoms. The lowest BCUT2D eigenvalue weighted by molar-refractivity contribution is 0.0459. The lowest BCUT2D eigenvalue weighted by Gasteiger charge is -2.34. The molecule has 0 aromatic heterocycles. The van der Waals surface area contributed by atoms with Crippen molar-refractivity contribution in [3.05, 3.63) is 0 Å². The van der Waals surface area contributed by atoms with Crippen LogP contribution in [0.1, 0.15) is 40.5 Å². The second-order valence-electron chi connectivity index (χ2n) is 5.87. The molecule has 0 amide bonds. The van der Waals surface area contributed by atoms with Crippen LogP contribution in [0.2, 0.25) is 0 Å². The molecule has 1 saturated heterocycles. The molecular formula is C13H27NOS. The maximum atomic E-state index is 10.0. The Bertz CT molecular complexity index is 203. The van der Waals surface area contributed by atoms with E-state index in [0.717, 1.165) is 18.2 Å². The van der Waals surface area contributed by atoms with Gasteiger partial charge in [-0.25, -0.2) is 0 Å². The van der Waals surface area contributed by atoms with Crippen LogP contribution in [0.15, 0.2) is 0 Å². The second-order valence-corrected chi connectivity index (χ2v) is 7.28. The van der Waals surface area contributed by atoms with Crippen molar-refractivity contribution in [3.8, 4) is 0 Å². The highest BCUT2D eigenvalue weighted by Crippen LogP contribution is 2.24. The number of hydrogen-bond acceptors (Lipinski definition) is 3. The molecule has 1 aliphatic rings. The summed E-state index contributed by atoms with van der Waals surface area (Å²) in [5.74, 6) is 1.25. The fourth-order valence-corrected chi connectivity index (χ4v) is 3.22. The molecule has 3 heteroatoms. The smallest absolute Gasteiger partial charge is 0.0600 e. The minimum absolute atomic E-state index is 0.0225. The summed E-state index contributed by atoms with van der Waals surface area (Å²) in [4.78, 5) is 2.51. The molecular weight excluding hydrogens is 218 g/mol. The van der Waals surface area contributed by atoms with Gasteiger partial charge in [-0.3, -0.25) is 0 Å². The Labute approximate surface area is 105 Å². The standard InChI is InChI=1S/C13H27NOS/c1-5-11-10-14(8-9-16-11)7-6-12(15)13(2,3)4/h11-12,15H,5-10H2,1-4H3. The van der Waals surface area contributed by atoms with Gasteiger partial charge in [-0.2, -0.15) is 11.8 Å². The summed E-state index contributed by atoms with van der Waals surface area (Å²) < 4.78 is 0. The Kier molecular flexibility index (Phi) is 5.62. The van der Waals surface area contributed by atoms with Crippen LogP contribution in [0.25, 0.3) is 0 Å². The Morgan fingerprint density at radius 3 is 2.69 bits per heavy atom. The fourth-order valence-electron chi connectivity index (χ4n) is 1.97. The molecule has 0 radical (unpaired) electrons. The normalized spacial score (nSPS) is 25.7. The average molecular weight is 245 g/mol. The van der Waals surface area contributed by atoms with Crippen molar-refractivity contribution in [2.24, 2.45) is 5.41 Å². The summed E-state index contributed by atoms with van der Waals surface area (Å²) in [7, 11) is 0. The van der Waals surface area contributed by atoms with Crippen molar-refractivity contribution in [2.45, 2.75) is 51.9 Å². The van der Waals surface area contributed by atoms with E-state index in [0.29, 0.717) is 0 Å². The number of aliphatic hydroxyl groups is 1. The SMILES string of the molecule is CCC1CN(CCC(O)C(C)(C)C)CCS1. The second kappa shape index (κ2) is 6.27. The molecule has 0 aromatic carbocycles. The van der Waals surface area contributed by atoms with Gasteiger partial charge in [0.25, 0.3) is 0 Å². The van der Waals surface area contributed by atoms with Crippen molar-refractivity contribution < 1.29 is 5.11 Å². The number of hydrogen-bond donors (Lipinski definition) is 1. The maximum absolute atomic E-state index is 10.0. The quantitative estimate of drug-likeness (QED) is 0.823.